The molecule has 2 aliphatic heterocycles. The molecule has 0 amide bonds. The summed E-state index contributed by atoms with van der Waals surface area (Å²) >= 11 is 2.30. The Labute approximate surface area is 95.5 Å². The number of piperazine rings is 1. The molecule has 0 N–H and O–H groups in total. The number of hydrogen-bond donors (Lipinski definition) is 0. The Hall–Kier alpha value is 0.655. The van der Waals surface area contributed by atoms with Crippen LogP contribution in [0.15, 0.2) is 0 Å². The van der Waals surface area contributed by atoms with Gasteiger partial charge in [-0.05, 0) is 18.0 Å². The third-order valence-electron chi connectivity index (χ3n) is 3.28. The smallest absolute Gasteiger partial charge is 0.321 e. The topological polar surface area (TPSA) is 23.6 Å². The summed E-state index contributed by atoms with van der Waals surface area (Å²) in [6.07, 6.45) is 1.65. The summed E-state index contributed by atoms with van der Waals surface area (Å²) in [6, 6.07) is 0.565. The Morgan fingerprint density at radius 3 is 2.85 bits per heavy atom. The summed E-state index contributed by atoms with van der Waals surface area (Å²) in [5.41, 5.74) is 0. The molecule has 0 spiro atoms. The number of ketones is 1. The summed E-state index contributed by atoms with van der Waals surface area (Å²) in [7, 11) is 0. The standard InChI is InChI=1S/C8H12N2O.2Al.4H/c11-8-1-3-10-4-2-9-6-7(10)5-8;;;;;;/h3,7H,1-2,4-6H2;;;;;;/q-1;;+1;;;;/t7-;;;;;;/m0....../s1. The molecule has 0 saturated carbocycles. The first-order valence-corrected chi connectivity index (χ1v) is 7.17. The summed E-state index contributed by atoms with van der Waals surface area (Å²) in [6.45, 7) is 3.59. The van der Waals surface area contributed by atoms with Crippen molar-refractivity contribution in [3.05, 3.63) is 0 Å². The maximum Gasteiger partial charge on any atom is 0.321 e. The summed E-state index contributed by atoms with van der Waals surface area (Å²) in [5.74, 6) is 0.498. The van der Waals surface area contributed by atoms with Gasteiger partial charge in [0.2, 0.25) is 16.3 Å². The molecule has 2 saturated heterocycles. The van der Waals surface area contributed by atoms with E-state index in [9.17, 15) is 4.79 Å². The van der Waals surface area contributed by atoms with Crippen LogP contribution in [-0.2, 0) is 4.79 Å². The molecular formula is C8H16Al2N2O. The van der Waals surface area contributed by atoms with Gasteiger partial charge in [-0.15, -0.1) is 0 Å². The van der Waals surface area contributed by atoms with Crippen LogP contribution in [-0.4, -0.2) is 77.9 Å². The van der Waals surface area contributed by atoms with E-state index in [2.05, 4.69) is 8.78 Å². The molecule has 2 rings (SSSR count). The van der Waals surface area contributed by atoms with Crippen LogP contribution in [0, 0.1) is 0 Å². The second-order valence-corrected chi connectivity index (χ2v) is 7.05. The van der Waals surface area contributed by atoms with E-state index in [0.717, 1.165) is 52.2 Å². The molecule has 3 nitrogen and oxygen atoms in total. The van der Waals surface area contributed by atoms with Crippen LogP contribution in [0.5, 0.6) is 0 Å². The fourth-order valence-electron chi connectivity index (χ4n) is 2.58. The average molecular weight is 210 g/mol. The summed E-state index contributed by atoms with van der Waals surface area (Å²) < 4.78 is 2.48. The van der Waals surface area contributed by atoms with Crippen molar-refractivity contribution < 1.29 is 4.79 Å². The first-order chi connectivity index (χ1) is 6.16. The largest absolute Gasteiger partial charge is 0.388 e. The molecule has 2 aliphatic rings. The van der Waals surface area contributed by atoms with Crippen molar-refractivity contribution in [2.45, 2.75) is 23.8 Å². The minimum absolute atomic E-state index is 0.498. The van der Waals surface area contributed by atoms with Gasteiger partial charge < -0.3 is 8.78 Å². The van der Waals surface area contributed by atoms with Crippen molar-refractivity contribution in [3.63, 3.8) is 0 Å². The van der Waals surface area contributed by atoms with E-state index in [-0.39, 0.29) is 0 Å². The van der Waals surface area contributed by atoms with Gasteiger partial charge >= 0.3 is 16.5 Å². The number of Topliss-reactive ketones (excluding diaryl/α,β-unsaturated/α-hetero) is 1. The van der Waals surface area contributed by atoms with Crippen LogP contribution in [0.2, 0.25) is 0 Å². The Bertz CT molecular complexity index is 224. The normalized spacial score (nSPS) is 37.4. The Kier molecular flexibility index (Phi) is 3.16. The Morgan fingerprint density at radius 1 is 1.31 bits per heavy atom. The average Bonchev–Trinajstić information content (AvgIpc) is 2.02. The Balaban J connectivity index is 2.06. The number of hydrogen-bond acceptors (Lipinski definition) is 3. The molecule has 70 valence electrons. The van der Waals surface area contributed by atoms with Gasteiger partial charge in [0.25, 0.3) is 0 Å². The second-order valence-electron chi connectivity index (χ2n) is 4.45. The van der Waals surface area contributed by atoms with Gasteiger partial charge in [-0.2, -0.15) is 0 Å². The third kappa shape index (κ3) is 2.18. The lowest BCUT2D eigenvalue weighted by Gasteiger charge is -2.47. The van der Waals surface area contributed by atoms with Gasteiger partial charge in [0.05, 0.1) is 0 Å². The maximum absolute atomic E-state index is 11.4. The number of carbonyl (C=O) groups is 1. The van der Waals surface area contributed by atoms with Crippen molar-refractivity contribution in [3.8, 4) is 0 Å². The van der Waals surface area contributed by atoms with E-state index in [1.165, 1.54) is 13.1 Å². The molecule has 0 aromatic rings. The number of piperidine rings is 1. The molecule has 0 unspecified atom stereocenters. The zero-order valence-electron chi connectivity index (χ0n) is 8.49. The third-order valence-corrected chi connectivity index (χ3v) is 5.17. The zero-order valence-corrected chi connectivity index (χ0v) is 12.5. The van der Waals surface area contributed by atoms with E-state index >= 15 is 0 Å². The van der Waals surface area contributed by atoms with Crippen molar-refractivity contribution in [1.29, 1.82) is 0 Å². The molecule has 13 heavy (non-hydrogen) atoms. The SMILES string of the molecule is O=C1C[C@H]2C[N]([AlH2])CCN2[C@@H]([AlH2])C1. The van der Waals surface area contributed by atoms with E-state index in [1.807, 2.05) is 0 Å². The summed E-state index contributed by atoms with van der Waals surface area (Å²) in [4.78, 5) is 14.6. The van der Waals surface area contributed by atoms with Crippen LogP contribution in [0.3, 0.4) is 0 Å². The molecule has 0 radical (unpaired) electrons. The predicted molar refractivity (Wildman–Crippen MR) is 57.2 cm³/mol. The molecule has 0 aromatic carbocycles. The van der Waals surface area contributed by atoms with Crippen LogP contribution in [0.4, 0.5) is 0 Å². The highest BCUT2D eigenvalue weighted by Gasteiger charge is 2.34. The molecule has 0 aromatic heterocycles. The number of fused-ring (bicyclic) bond motifs is 1. The van der Waals surface area contributed by atoms with Crippen LogP contribution < -0.4 is 0 Å². The van der Waals surface area contributed by atoms with E-state index < -0.39 is 0 Å². The second kappa shape index (κ2) is 4.03. The monoisotopic (exact) mass is 210 g/mol. The molecule has 0 aliphatic carbocycles. The van der Waals surface area contributed by atoms with Crippen molar-refractivity contribution in [2.24, 2.45) is 0 Å². The minimum atomic E-state index is 0.498. The van der Waals surface area contributed by atoms with Crippen LogP contribution >= 0.6 is 0 Å². The molecule has 2 atom stereocenters. The van der Waals surface area contributed by atoms with Crippen LogP contribution in [0.1, 0.15) is 12.8 Å². The van der Waals surface area contributed by atoms with Gasteiger partial charge in [-0.1, -0.05) is 0 Å². The molecular weight excluding hydrogens is 194 g/mol. The maximum atomic E-state index is 11.4. The van der Waals surface area contributed by atoms with Crippen molar-refractivity contribution >= 4 is 38.6 Å². The highest BCUT2D eigenvalue weighted by molar-refractivity contribution is 6.13. The first kappa shape index (κ1) is 10.2. The van der Waals surface area contributed by atoms with E-state index in [4.69, 9.17) is 0 Å². The quantitative estimate of drug-likeness (QED) is 0.426. The van der Waals surface area contributed by atoms with Gasteiger partial charge in [0.15, 0.2) is 0 Å². The van der Waals surface area contributed by atoms with Gasteiger partial charge in [0.1, 0.15) is 5.78 Å². The lowest BCUT2D eigenvalue weighted by molar-refractivity contribution is -0.124. The van der Waals surface area contributed by atoms with Crippen molar-refractivity contribution in [1.82, 2.24) is 8.78 Å². The first-order valence-electron chi connectivity index (χ1n) is 5.13. The lowest BCUT2D eigenvalue weighted by Crippen LogP contribution is -2.59. The minimum Gasteiger partial charge on any atom is -0.388 e. The highest BCUT2D eigenvalue weighted by Crippen LogP contribution is 2.21. The van der Waals surface area contributed by atoms with Crippen molar-refractivity contribution in [2.75, 3.05) is 19.6 Å². The molecule has 0 bridgehead atoms. The van der Waals surface area contributed by atoms with E-state index in [0.29, 0.717) is 16.7 Å². The fourth-order valence-corrected chi connectivity index (χ4v) is 4.34. The van der Waals surface area contributed by atoms with Gasteiger partial charge in [0, 0.05) is 25.4 Å². The zero-order chi connectivity index (χ0) is 9.42. The number of nitrogens with zero attached hydrogens (tertiary/aromatic N) is 2. The Morgan fingerprint density at radius 2 is 2.08 bits per heavy atom. The number of carbonyl (C=O) groups excluding carboxylic acids is 1. The fraction of sp³-hybridized carbons (Fsp3) is 0.875. The van der Waals surface area contributed by atoms with E-state index in [1.54, 1.807) is 0 Å². The van der Waals surface area contributed by atoms with Gasteiger partial charge in [-0.25, -0.2) is 0 Å². The van der Waals surface area contributed by atoms with Crippen LogP contribution in [0.25, 0.3) is 0 Å². The highest BCUT2D eigenvalue weighted by atomic mass is 27.1. The van der Waals surface area contributed by atoms with Gasteiger partial charge in [-0.3, -0.25) is 4.79 Å². The molecule has 5 heteroatoms. The lowest BCUT2D eigenvalue weighted by atomic mass is 9.99. The number of rotatable bonds is 0. The molecule has 2 fully saturated rings. The molecule has 2 heterocycles. The predicted octanol–water partition coefficient (Wildman–Crippen LogP) is -2.16. The summed E-state index contributed by atoms with van der Waals surface area (Å²) in [5, 5.41) is 0.